The second-order valence-electron chi connectivity index (χ2n) is 4.86. The van der Waals surface area contributed by atoms with Gasteiger partial charge < -0.3 is 10.5 Å². The normalized spacial score (nSPS) is 14.4. The Kier molecular flexibility index (Phi) is 4.40. The molecular weight excluding hydrogens is 166 g/mol. The van der Waals surface area contributed by atoms with Gasteiger partial charge in [0, 0.05) is 6.42 Å². The Hall–Kier alpha value is -0.570. The molecule has 0 amide bonds. The van der Waals surface area contributed by atoms with Gasteiger partial charge in [0.25, 0.3) is 0 Å². The molecule has 1 unspecified atom stereocenters. The van der Waals surface area contributed by atoms with Crippen molar-refractivity contribution in [2.24, 2.45) is 5.92 Å². The minimum atomic E-state index is -0.399. The molecule has 0 aromatic heterocycles. The average molecular weight is 188 g/mol. The van der Waals surface area contributed by atoms with Gasteiger partial charge in [-0.05, 0) is 26.7 Å². The number of hydrogen-bond donors (Lipinski definition) is 1. The van der Waals surface area contributed by atoms with E-state index in [0.717, 1.165) is 6.42 Å². The lowest BCUT2D eigenvalue weighted by Crippen LogP contribution is -2.66. The van der Waals surface area contributed by atoms with Crippen molar-refractivity contribution in [2.75, 3.05) is 0 Å². The van der Waals surface area contributed by atoms with E-state index in [1.807, 2.05) is 20.8 Å². The summed E-state index contributed by atoms with van der Waals surface area (Å²) in [6.07, 6.45) is 0.787. The van der Waals surface area contributed by atoms with Crippen LogP contribution in [-0.2, 0) is 9.53 Å². The maximum Gasteiger partial charge on any atom is 0.365 e. The van der Waals surface area contributed by atoms with Gasteiger partial charge in [-0.15, -0.1) is 0 Å². The van der Waals surface area contributed by atoms with E-state index in [1.165, 1.54) is 0 Å². The van der Waals surface area contributed by atoms with Crippen molar-refractivity contribution in [1.82, 2.24) is 0 Å². The van der Waals surface area contributed by atoms with Crippen molar-refractivity contribution in [2.45, 2.75) is 52.7 Å². The molecular formula is C10H22NO2+. The third kappa shape index (κ3) is 6.58. The molecule has 0 fully saturated rings. The molecule has 0 spiro atoms. The molecule has 0 aliphatic rings. The van der Waals surface area contributed by atoms with Gasteiger partial charge in [-0.1, -0.05) is 13.8 Å². The van der Waals surface area contributed by atoms with Crippen LogP contribution in [0, 0.1) is 5.92 Å². The number of esters is 1. The molecule has 0 aromatic rings. The molecule has 0 bridgehead atoms. The number of carbonyl (C=O) groups excluding carboxylic acids is 1. The zero-order valence-corrected chi connectivity index (χ0v) is 9.39. The summed E-state index contributed by atoms with van der Waals surface area (Å²) in [6, 6.07) is -0.237. The largest absolute Gasteiger partial charge is 0.456 e. The van der Waals surface area contributed by atoms with E-state index in [9.17, 15) is 4.79 Å². The van der Waals surface area contributed by atoms with Crippen molar-refractivity contribution in [3.63, 3.8) is 0 Å². The van der Waals surface area contributed by atoms with E-state index in [4.69, 9.17) is 4.74 Å². The molecule has 0 radical (unpaired) electrons. The van der Waals surface area contributed by atoms with Gasteiger partial charge in [-0.3, -0.25) is 0 Å². The Labute approximate surface area is 80.6 Å². The van der Waals surface area contributed by atoms with E-state index in [0.29, 0.717) is 5.92 Å². The molecule has 0 saturated carbocycles. The molecule has 3 N–H and O–H groups in total. The summed E-state index contributed by atoms with van der Waals surface area (Å²) in [5, 5.41) is 0. The van der Waals surface area contributed by atoms with Gasteiger partial charge in [0.1, 0.15) is 5.60 Å². The smallest absolute Gasteiger partial charge is 0.365 e. The third-order valence-electron chi connectivity index (χ3n) is 1.50. The highest BCUT2D eigenvalue weighted by molar-refractivity contribution is 5.74. The van der Waals surface area contributed by atoms with Crippen LogP contribution in [0.1, 0.15) is 41.0 Å². The van der Waals surface area contributed by atoms with Crippen LogP contribution < -0.4 is 5.73 Å². The summed E-state index contributed by atoms with van der Waals surface area (Å²) in [7, 11) is 0. The standard InChI is InChI=1S/C10H21NO2/c1-7(2)6-8(11)9(12)13-10(3,4)5/h7-8H,6,11H2,1-5H3/p+1. The van der Waals surface area contributed by atoms with Gasteiger partial charge in [-0.25, -0.2) is 4.79 Å². The van der Waals surface area contributed by atoms with Crippen molar-refractivity contribution >= 4 is 5.97 Å². The molecule has 0 saturated heterocycles. The van der Waals surface area contributed by atoms with Crippen LogP contribution in [0.15, 0.2) is 0 Å². The molecule has 0 aromatic carbocycles. The van der Waals surface area contributed by atoms with E-state index in [1.54, 1.807) is 0 Å². The van der Waals surface area contributed by atoms with Crippen molar-refractivity contribution in [1.29, 1.82) is 0 Å². The summed E-state index contributed by atoms with van der Waals surface area (Å²) >= 11 is 0. The SMILES string of the molecule is CC(C)CC([NH3+])C(=O)OC(C)(C)C. The highest BCUT2D eigenvalue weighted by Crippen LogP contribution is 2.10. The molecule has 0 aliphatic carbocycles. The topological polar surface area (TPSA) is 53.9 Å². The first-order chi connectivity index (χ1) is 5.72. The fraction of sp³-hybridized carbons (Fsp3) is 0.900. The summed E-state index contributed by atoms with van der Waals surface area (Å²) in [5.74, 6) is 0.288. The highest BCUT2D eigenvalue weighted by Gasteiger charge is 2.25. The molecule has 0 rings (SSSR count). The van der Waals surface area contributed by atoms with Gasteiger partial charge in [0.15, 0.2) is 6.04 Å². The molecule has 13 heavy (non-hydrogen) atoms. The lowest BCUT2D eigenvalue weighted by Gasteiger charge is -2.21. The zero-order valence-electron chi connectivity index (χ0n) is 9.39. The van der Waals surface area contributed by atoms with Crippen molar-refractivity contribution < 1.29 is 15.3 Å². The Morgan fingerprint density at radius 3 is 2.15 bits per heavy atom. The van der Waals surface area contributed by atoms with Crippen LogP contribution in [0.4, 0.5) is 0 Å². The lowest BCUT2D eigenvalue weighted by molar-refractivity contribution is -0.412. The van der Waals surface area contributed by atoms with Gasteiger partial charge in [0.2, 0.25) is 0 Å². The first-order valence-corrected chi connectivity index (χ1v) is 4.78. The second kappa shape index (κ2) is 4.61. The fourth-order valence-electron chi connectivity index (χ4n) is 1.05. The summed E-state index contributed by atoms with van der Waals surface area (Å²) < 4.78 is 5.20. The van der Waals surface area contributed by atoms with Crippen LogP contribution in [0.3, 0.4) is 0 Å². The number of carbonyl (C=O) groups is 1. The van der Waals surface area contributed by atoms with E-state index in [2.05, 4.69) is 19.6 Å². The molecule has 78 valence electrons. The number of ether oxygens (including phenoxy) is 1. The first-order valence-electron chi connectivity index (χ1n) is 4.78. The Balaban J connectivity index is 3.97. The molecule has 0 heterocycles. The first kappa shape index (κ1) is 12.4. The van der Waals surface area contributed by atoms with Gasteiger partial charge >= 0.3 is 5.97 Å². The monoisotopic (exact) mass is 188 g/mol. The third-order valence-corrected chi connectivity index (χ3v) is 1.50. The van der Waals surface area contributed by atoms with Crippen molar-refractivity contribution in [3.05, 3.63) is 0 Å². The van der Waals surface area contributed by atoms with Crippen LogP contribution in [0.5, 0.6) is 0 Å². The highest BCUT2D eigenvalue weighted by atomic mass is 16.6. The predicted octanol–water partition coefficient (Wildman–Crippen LogP) is 0.985. The van der Waals surface area contributed by atoms with Crippen LogP contribution in [0.2, 0.25) is 0 Å². The lowest BCUT2D eigenvalue weighted by atomic mass is 10.0. The maximum atomic E-state index is 11.4. The fourth-order valence-corrected chi connectivity index (χ4v) is 1.05. The molecule has 1 atom stereocenters. The van der Waals surface area contributed by atoms with Crippen LogP contribution in [0.25, 0.3) is 0 Å². The van der Waals surface area contributed by atoms with Gasteiger partial charge in [0.05, 0.1) is 0 Å². The van der Waals surface area contributed by atoms with Crippen molar-refractivity contribution in [3.8, 4) is 0 Å². The minimum Gasteiger partial charge on any atom is -0.456 e. The van der Waals surface area contributed by atoms with E-state index < -0.39 is 5.60 Å². The second-order valence-corrected chi connectivity index (χ2v) is 4.86. The van der Waals surface area contributed by atoms with E-state index in [-0.39, 0.29) is 12.0 Å². The average Bonchev–Trinajstić information content (AvgIpc) is 1.81. The summed E-state index contributed by atoms with van der Waals surface area (Å²) in [5.41, 5.74) is 3.39. The number of rotatable bonds is 3. The number of hydrogen-bond acceptors (Lipinski definition) is 2. The molecule has 3 heteroatoms. The quantitative estimate of drug-likeness (QED) is 0.671. The zero-order chi connectivity index (χ0) is 10.6. The van der Waals surface area contributed by atoms with E-state index >= 15 is 0 Å². The number of quaternary nitrogens is 1. The minimum absolute atomic E-state index is 0.193. The van der Waals surface area contributed by atoms with Crippen LogP contribution >= 0.6 is 0 Å². The Morgan fingerprint density at radius 2 is 1.85 bits per heavy atom. The molecule has 3 nitrogen and oxygen atoms in total. The predicted molar refractivity (Wildman–Crippen MR) is 52.0 cm³/mol. The molecule has 0 aliphatic heterocycles. The van der Waals surface area contributed by atoms with Gasteiger partial charge in [-0.2, -0.15) is 0 Å². The maximum absolute atomic E-state index is 11.4. The Morgan fingerprint density at radius 1 is 1.38 bits per heavy atom. The summed E-state index contributed by atoms with van der Waals surface area (Å²) in [6.45, 7) is 9.75. The van der Waals surface area contributed by atoms with Crippen LogP contribution in [-0.4, -0.2) is 17.6 Å². The summed E-state index contributed by atoms with van der Waals surface area (Å²) in [4.78, 5) is 11.4. The Bertz CT molecular complexity index is 170.